The van der Waals surface area contributed by atoms with E-state index in [1.165, 1.54) is 24.8 Å². The number of benzene rings is 1. The van der Waals surface area contributed by atoms with Gasteiger partial charge in [-0.15, -0.1) is 0 Å². The maximum atomic E-state index is 10.8. The maximum absolute atomic E-state index is 10.8. The zero-order valence-electron chi connectivity index (χ0n) is 12.7. The van der Waals surface area contributed by atoms with Crippen molar-refractivity contribution in [3.8, 4) is 0 Å². The molecule has 1 aliphatic carbocycles. The molecule has 0 aliphatic heterocycles. The monoisotopic (exact) mass is 275 g/mol. The van der Waals surface area contributed by atoms with Crippen molar-refractivity contribution < 1.29 is 9.90 Å². The molecular weight excluding hydrogens is 250 g/mol. The Morgan fingerprint density at radius 3 is 2.20 bits per heavy atom. The first-order valence-electron chi connectivity index (χ1n) is 7.48. The fraction of sp³-hybridized carbons (Fsp3) is 0.588. The van der Waals surface area contributed by atoms with Gasteiger partial charge in [0.05, 0.1) is 5.56 Å². The number of nitrogens with zero attached hydrogens (tertiary/aromatic N) is 1. The average molecular weight is 275 g/mol. The molecule has 20 heavy (non-hydrogen) atoms. The van der Waals surface area contributed by atoms with E-state index in [2.05, 4.69) is 25.8 Å². The van der Waals surface area contributed by atoms with E-state index in [4.69, 9.17) is 5.11 Å². The first kappa shape index (κ1) is 15.0. The number of aromatic carboxylic acids is 1. The van der Waals surface area contributed by atoms with E-state index in [9.17, 15) is 4.79 Å². The van der Waals surface area contributed by atoms with Gasteiger partial charge in [0.2, 0.25) is 0 Å². The third kappa shape index (κ3) is 3.83. The fourth-order valence-electron chi connectivity index (χ4n) is 3.43. The quantitative estimate of drug-likeness (QED) is 0.912. The molecule has 1 aromatic rings. The summed E-state index contributed by atoms with van der Waals surface area (Å²) >= 11 is 0. The van der Waals surface area contributed by atoms with Crippen LogP contribution in [0.2, 0.25) is 0 Å². The molecule has 1 fully saturated rings. The lowest BCUT2D eigenvalue weighted by atomic mass is 9.80. The molecular formula is C17H25NO2. The summed E-state index contributed by atoms with van der Waals surface area (Å²) in [6, 6.07) is 7.88. The number of carboxylic acid groups (broad SMARTS) is 1. The molecule has 2 rings (SSSR count). The van der Waals surface area contributed by atoms with E-state index in [1.807, 2.05) is 12.1 Å². The molecule has 0 aromatic heterocycles. The molecule has 1 aliphatic rings. The zero-order valence-corrected chi connectivity index (χ0v) is 12.7. The van der Waals surface area contributed by atoms with Crippen molar-refractivity contribution in [1.82, 2.24) is 4.90 Å². The van der Waals surface area contributed by atoms with Gasteiger partial charge >= 0.3 is 5.97 Å². The van der Waals surface area contributed by atoms with Crippen molar-refractivity contribution in [3.05, 3.63) is 35.4 Å². The second kappa shape index (κ2) is 6.40. The van der Waals surface area contributed by atoms with Crippen LogP contribution in [0.4, 0.5) is 0 Å². The van der Waals surface area contributed by atoms with E-state index in [1.54, 1.807) is 12.1 Å². The highest BCUT2D eigenvalue weighted by Gasteiger charge is 2.26. The Kier molecular flexibility index (Phi) is 4.81. The van der Waals surface area contributed by atoms with E-state index in [0.29, 0.717) is 11.6 Å². The summed E-state index contributed by atoms with van der Waals surface area (Å²) in [5, 5.41) is 8.91. The van der Waals surface area contributed by atoms with E-state index >= 15 is 0 Å². The van der Waals surface area contributed by atoms with Crippen LogP contribution in [-0.4, -0.2) is 29.1 Å². The molecule has 0 heterocycles. The van der Waals surface area contributed by atoms with Crippen molar-refractivity contribution >= 4 is 5.97 Å². The van der Waals surface area contributed by atoms with Crippen molar-refractivity contribution in [1.29, 1.82) is 0 Å². The van der Waals surface area contributed by atoms with Crippen LogP contribution >= 0.6 is 0 Å². The number of carbonyl (C=O) groups is 1. The van der Waals surface area contributed by atoms with E-state index in [0.717, 1.165) is 18.4 Å². The van der Waals surface area contributed by atoms with Crippen molar-refractivity contribution in [2.24, 2.45) is 11.8 Å². The number of hydrogen-bond acceptors (Lipinski definition) is 2. The Hall–Kier alpha value is -1.35. The van der Waals surface area contributed by atoms with Crippen LogP contribution in [0.5, 0.6) is 0 Å². The van der Waals surface area contributed by atoms with Crippen LogP contribution in [-0.2, 0) is 6.54 Å². The molecule has 3 heteroatoms. The molecule has 1 aromatic carbocycles. The third-order valence-corrected chi connectivity index (χ3v) is 4.41. The van der Waals surface area contributed by atoms with E-state index in [-0.39, 0.29) is 0 Å². The predicted octanol–water partition coefficient (Wildman–Crippen LogP) is 3.64. The number of rotatable bonds is 4. The molecule has 0 saturated heterocycles. The first-order chi connectivity index (χ1) is 9.45. The summed E-state index contributed by atoms with van der Waals surface area (Å²) in [5.74, 6) is 0.751. The average Bonchev–Trinajstić information content (AvgIpc) is 2.38. The summed E-state index contributed by atoms with van der Waals surface area (Å²) in [4.78, 5) is 13.3. The summed E-state index contributed by atoms with van der Waals surface area (Å²) in [6.07, 6.45) is 3.89. The molecule has 1 saturated carbocycles. The number of hydrogen-bond donors (Lipinski definition) is 1. The lowest BCUT2D eigenvalue weighted by molar-refractivity contribution is 0.0697. The van der Waals surface area contributed by atoms with Gasteiger partial charge in [-0.3, -0.25) is 4.90 Å². The van der Waals surface area contributed by atoms with E-state index < -0.39 is 5.97 Å². The minimum atomic E-state index is -0.861. The largest absolute Gasteiger partial charge is 0.478 e. The smallest absolute Gasteiger partial charge is 0.335 e. The SMILES string of the molecule is CC1CC(C)CC(N(C)Cc2ccc(C(=O)O)cc2)C1. The molecule has 0 radical (unpaired) electrons. The Bertz CT molecular complexity index is 445. The van der Waals surface area contributed by atoms with Crippen LogP contribution in [0, 0.1) is 11.8 Å². The second-order valence-corrected chi connectivity index (χ2v) is 6.49. The van der Waals surface area contributed by atoms with Gasteiger partial charge in [-0.1, -0.05) is 26.0 Å². The standard InChI is InChI=1S/C17H25NO2/c1-12-8-13(2)10-16(9-12)18(3)11-14-4-6-15(7-5-14)17(19)20/h4-7,12-13,16H,8-11H2,1-3H3,(H,19,20). The van der Waals surface area contributed by atoms with Crippen molar-refractivity contribution in [3.63, 3.8) is 0 Å². The molecule has 110 valence electrons. The molecule has 2 atom stereocenters. The summed E-state index contributed by atoms with van der Waals surface area (Å²) < 4.78 is 0. The number of carboxylic acids is 1. The normalized spacial score (nSPS) is 26.7. The molecule has 0 bridgehead atoms. The van der Waals surface area contributed by atoms with Crippen LogP contribution in [0.1, 0.15) is 49.0 Å². The summed E-state index contributed by atoms with van der Waals surface area (Å²) in [5.41, 5.74) is 1.54. The summed E-state index contributed by atoms with van der Waals surface area (Å²) in [6.45, 7) is 5.58. The summed E-state index contributed by atoms with van der Waals surface area (Å²) in [7, 11) is 2.18. The van der Waals surface area contributed by atoms with Crippen LogP contribution in [0.25, 0.3) is 0 Å². The second-order valence-electron chi connectivity index (χ2n) is 6.49. The Morgan fingerprint density at radius 2 is 1.70 bits per heavy atom. The van der Waals surface area contributed by atoms with Gasteiger partial charge in [-0.05, 0) is 55.8 Å². The van der Waals surface area contributed by atoms with Gasteiger partial charge in [0.1, 0.15) is 0 Å². The fourth-order valence-corrected chi connectivity index (χ4v) is 3.43. The molecule has 2 unspecified atom stereocenters. The first-order valence-corrected chi connectivity index (χ1v) is 7.48. The van der Waals surface area contributed by atoms with Crippen LogP contribution < -0.4 is 0 Å². The Balaban J connectivity index is 1.96. The van der Waals surface area contributed by atoms with Crippen molar-refractivity contribution in [2.45, 2.75) is 45.7 Å². The minimum absolute atomic E-state index is 0.358. The Labute approximate surface area is 121 Å². The Morgan fingerprint density at radius 1 is 1.15 bits per heavy atom. The highest BCUT2D eigenvalue weighted by molar-refractivity contribution is 5.87. The molecule has 0 spiro atoms. The van der Waals surface area contributed by atoms with Crippen LogP contribution in [0.15, 0.2) is 24.3 Å². The highest BCUT2D eigenvalue weighted by atomic mass is 16.4. The van der Waals surface area contributed by atoms with Crippen LogP contribution in [0.3, 0.4) is 0 Å². The lowest BCUT2D eigenvalue weighted by Crippen LogP contribution is -2.37. The van der Waals surface area contributed by atoms with Gasteiger partial charge in [0, 0.05) is 12.6 Å². The van der Waals surface area contributed by atoms with Gasteiger partial charge in [0.15, 0.2) is 0 Å². The predicted molar refractivity (Wildman–Crippen MR) is 80.8 cm³/mol. The van der Waals surface area contributed by atoms with Gasteiger partial charge in [-0.2, -0.15) is 0 Å². The van der Waals surface area contributed by atoms with Gasteiger partial charge in [-0.25, -0.2) is 4.79 Å². The maximum Gasteiger partial charge on any atom is 0.335 e. The van der Waals surface area contributed by atoms with Crippen molar-refractivity contribution in [2.75, 3.05) is 7.05 Å². The highest BCUT2D eigenvalue weighted by Crippen LogP contribution is 2.31. The van der Waals surface area contributed by atoms with Gasteiger partial charge < -0.3 is 5.11 Å². The molecule has 3 nitrogen and oxygen atoms in total. The molecule has 0 amide bonds. The van der Waals surface area contributed by atoms with Gasteiger partial charge in [0.25, 0.3) is 0 Å². The lowest BCUT2D eigenvalue weighted by Gasteiger charge is -2.37. The zero-order chi connectivity index (χ0) is 14.7. The topological polar surface area (TPSA) is 40.5 Å². The minimum Gasteiger partial charge on any atom is -0.478 e. The third-order valence-electron chi connectivity index (χ3n) is 4.41. The molecule has 1 N–H and O–H groups in total.